The van der Waals surface area contributed by atoms with E-state index in [1.807, 2.05) is 0 Å². The lowest BCUT2D eigenvalue weighted by Crippen LogP contribution is -2.35. The zero-order chi connectivity index (χ0) is 15.1. The summed E-state index contributed by atoms with van der Waals surface area (Å²) in [5.74, 6) is -0.720. The number of ether oxygens (including phenoxy) is 2. The first-order valence-corrected chi connectivity index (χ1v) is 6.32. The number of carbonyl (C=O) groups is 2. The van der Waals surface area contributed by atoms with E-state index in [4.69, 9.17) is 15.2 Å². The van der Waals surface area contributed by atoms with Crippen LogP contribution in [-0.2, 0) is 14.3 Å². The zero-order valence-corrected chi connectivity index (χ0v) is 11.9. The molecule has 1 aromatic carbocycles. The van der Waals surface area contributed by atoms with Gasteiger partial charge in [-0.2, -0.15) is 0 Å². The molecule has 1 atom stereocenters. The van der Waals surface area contributed by atoms with E-state index in [0.717, 1.165) is 0 Å². The van der Waals surface area contributed by atoms with Crippen LogP contribution in [0.3, 0.4) is 0 Å². The van der Waals surface area contributed by atoms with Gasteiger partial charge in [-0.25, -0.2) is 4.79 Å². The highest BCUT2D eigenvalue weighted by atomic mass is 16.5. The number of methoxy groups -OCH3 is 1. The van der Waals surface area contributed by atoms with Crippen molar-refractivity contribution in [2.24, 2.45) is 5.73 Å². The Hall–Kier alpha value is -1.92. The monoisotopic (exact) mass is 280 g/mol. The number of esters is 1. The molecule has 1 rings (SSSR count). The first-order chi connectivity index (χ1) is 9.47. The van der Waals surface area contributed by atoms with E-state index in [1.165, 1.54) is 7.11 Å². The second kappa shape index (κ2) is 7.62. The van der Waals surface area contributed by atoms with Gasteiger partial charge in [-0.3, -0.25) is 4.79 Å². The van der Waals surface area contributed by atoms with Crippen LogP contribution in [0.5, 0.6) is 0 Å². The number of amides is 1. The molecule has 0 fully saturated rings. The Kier molecular flexibility index (Phi) is 6.14. The molecule has 20 heavy (non-hydrogen) atoms. The SMILES string of the molecule is COC(CN)C(=O)Nc1ccc(C(=O)OC(C)C)cc1. The third-order valence-corrected chi connectivity index (χ3v) is 2.52. The summed E-state index contributed by atoms with van der Waals surface area (Å²) in [6.07, 6.45) is -0.866. The van der Waals surface area contributed by atoms with Gasteiger partial charge in [0.2, 0.25) is 0 Å². The van der Waals surface area contributed by atoms with Crippen molar-refractivity contribution in [2.45, 2.75) is 26.1 Å². The zero-order valence-electron chi connectivity index (χ0n) is 11.9. The highest BCUT2D eigenvalue weighted by Crippen LogP contribution is 2.12. The second-order valence-corrected chi connectivity index (χ2v) is 4.48. The number of nitrogens with two attached hydrogens (primary N) is 1. The molecule has 0 aliphatic heterocycles. The number of benzene rings is 1. The van der Waals surface area contributed by atoms with Crippen LogP contribution in [0.4, 0.5) is 5.69 Å². The second-order valence-electron chi connectivity index (χ2n) is 4.48. The minimum absolute atomic E-state index is 0.0983. The van der Waals surface area contributed by atoms with E-state index in [1.54, 1.807) is 38.1 Å². The summed E-state index contributed by atoms with van der Waals surface area (Å²) in [5.41, 5.74) is 6.39. The van der Waals surface area contributed by atoms with E-state index < -0.39 is 12.1 Å². The van der Waals surface area contributed by atoms with Crippen molar-refractivity contribution in [1.82, 2.24) is 0 Å². The fourth-order valence-electron chi connectivity index (χ4n) is 1.50. The van der Waals surface area contributed by atoms with Gasteiger partial charge in [0.25, 0.3) is 5.91 Å². The molecular weight excluding hydrogens is 260 g/mol. The molecule has 0 saturated carbocycles. The number of hydrogen-bond acceptors (Lipinski definition) is 5. The summed E-state index contributed by atoms with van der Waals surface area (Å²) in [6.45, 7) is 3.66. The lowest BCUT2D eigenvalue weighted by atomic mass is 10.2. The quantitative estimate of drug-likeness (QED) is 0.763. The van der Waals surface area contributed by atoms with Crippen LogP contribution in [0.1, 0.15) is 24.2 Å². The van der Waals surface area contributed by atoms with Gasteiger partial charge >= 0.3 is 5.97 Å². The normalized spacial score (nSPS) is 12.1. The summed E-state index contributed by atoms with van der Waals surface area (Å²) in [5, 5.41) is 2.65. The molecule has 3 N–H and O–H groups in total. The van der Waals surface area contributed by atoms with E-state index in [9.17, 15) is 9.59 Å². The van der Waals surface area contributed by atoms with Gasteiger partial charge in [0, 0.05) is 19.3 Å². The van der Waals surface area contributed by atoms with E-state index >= 15 is 0 Å². The molecule has 0 saturated heterocycles. The fourth-order valence-corrected chi connectivity index (χ4v) is 1.50. The summed E-state index contributed by atoms with van der Waals surface area (Å²) in [6, 6.07) is 6.42. The molecule has 6 nitrogen and oxygen atoms in total. The highest BCUT2D eigenvalue weighted by Gasteiger charge is 2.16. The first-order valence-electron chi connectivity index (χ1n) is 6.32. The van der Waals surface area contributed by atoms with Crippen molar-refractivity contribution in [3.8, 4) is 0 Å². The summed E-state index contributed by atoms with van der Waals surface area (Å²) < 4.78 is 10.00. The molecule has 6 heteroatoms. The van der Waals surface area contributed by atoms with Crippen LogP contribution in [0.25, 0.3) is 0 Å². The van der Waals surface area contributed by atoms with Crippen LogP contribution in [0.2, 0.25) is 0 Å². The average molecular weight is 280 g/mol. The maximum absolute atomic E-state index is 11.7. The number of carbonyl (C=O) groups excluding carboxylic acids is 2. The summed E-state index contributed by atoms with van der Waals surface area (Å²) in [4.78, 5) is 23.4. The molecule has 1 amide bonds. The molecule has 0 heterocycles. The standard InChI is InChI=1S/C14H20N2O4/c1-9(2)20-14(18)10-4-6-11(7-5-10)16-13(17)12(8-15)19-3/h4-7,9,12H,8,15H2,1-3H3,(H,16,17). The maximum atomic E-state index is 11.7. The summed E-state index contributed by atoms with van der Waals surface area (Å²) >= 11 is 0. The Labute approximate surface area is 118 Å². The van der Waals surface area contributed by atoms with Crippen LogP contribution in [0, 0.1) is 0 Å². The largest absolute Gasteiger partial charge is 0.459 e. The van der Waals surface area contributed by atoms with Crippen LogP contribution < -0.4 is 11.1 Å². The summed E-state index contributed by atoms with van der Waals surface area (Å²) in [7, 11) is 1.42. The maximum Gasteiger partial charge on any atom is 0.338 e. The predicted molar refractivity (Wildman–Crippen MR) is 75.5 cm³/mol. The molecule has 0 aliphatic rings. The Bertz CT molecular complexity index is 453. The number of hydrogen-bond donors (Lipinski definition) is 2. The minimum Gasteiger partial charge on any atom is -0.459 e. The van der Waals surface area contributed by atoms with Crippen LogP contribution >= 0.6 is 0 Å². The number of rotatable bonds is 6. The Morgan fingerprint density at radius 2 is 1.85 bits per heavy atom. The fraction of sp³-hybridized carbons (Fsp3) is 0.429. The third-order valence-electron chi connectivity index (χ3n) is 2.52. The van der Waals surface area contributed by atoms with Crippen molar-refractivity contribution >= 4 is 17.6 Å². The molecule has 0 spiro atoms. The molecule has 0 aromatic heterocycles. The van der Waals surface area contributed by atoms with Gasteiger partial charge in [0.15, 0.2) is 0 Å². The molecule has 110 valence electrons. The van der Waals surface area contributed by atoms with Crippen molar-refractivity contribution in [2.75, 3.05) is 19.0 Å². The lowest BCUT2D eigenvalue weighted by Gasteiger charge is -2.13. The van der Waals surface area contributed by atoms with Crippen molar-refractivity contribution in [3.05, 3.63) is 29.8 Å². The Balaban J connectivity index is 2.67. The smallest absolute Gasteiger partial charge is 0.338 e. The molecular formula is C14H20N2O4. The van der Waals surface area contributed by atoms with Gasteiger partial charge in [-0.15, -0.1) is 0 Å². The van der Waals surface area contributed by atoms with Crippen molar-refractivity contribution in [1.29, 1.82) is 0 Å². The predicted octanol–water partition coefficient (Wildman–Crippen LogP) is 1.16. The van der Waals surface area contributed by atoms with Crippen LogP contribution in [0.15, 0.2) is 24.3 Å². The van der Waals surface area contributed by atoms with E-state index in [-0.39, 0.29) is 18.6 Å². The minimum atomic E-state index is -0.694. The van der Waals surface area contributed by atoms with Gasteiger partial charge in [0.1, 0.15) is 6.10 Å². The Morgan fingerprint density at radius 1 is 1.25 bits per heavy atom. The van der Waals surface area contributed by atoms with Crippen molar-refractivity contribution < 1.29 is 19.1 Å². The van der Waals surface area contributed by atoms with Crippen LogP contribution in [-0.4, -0.2) is 37.7 Å². The van der Waals surface area contributed by atoms with Gasteiger partial charge in [-0.1, -0.05) is 0 Å². The van der Waals surface area contributed by atoms with E-state index in [2.05, 4.69) is 5.32 Å². The lowest BCUT2D eigenvalue weighted by molar-refractivity contribution is -0.125. The molecule has 1 aromatic rings. The average Bonchev–Trinajstić information content (AvgIpc) is 2.40. The van der Waals surface area contributed by atoms with Crippen molar-refractivity contribution in [3.63, 3.8) is 0 Å². The molecule has 0 aliphatic carbocycles. The van der Waals surface area contributed by atoms with Gasteiger partial charge in [0.05, 0.1) is 11.7 Å². The van der Waals surface area contributed by atoms with Gasteiger partial charge in [-0.05, 0) is 38.1 Å². The number of nitrogens with one attached hydrogen (secondary N) is 1. The first kappa shape index (κ1) is 16.1. The highest BCUT2D eigenvalue weighted by molar-refractivity contribution is 5.95. The Morgan fingerprint density at radius 3 is 2.30 bits per heavy atom. The molecule has 0 bridgehead atoms. The third kappa shape index (κ3) is 4.64. The van der Waals surface area contributed by atoms with Gasteiger partial charge < -0.3 is 20.5 Å². The molecule has 0 radical (unpaired) electrons. The van der Waals surface area contributed by atoms with E-state index in [0.29, 0.717) is 11.3 Å². The topological polar surface area (TPSA) is 90.6 Å². The molecule has 1 unspecified atom stereocenters. The number of anilines is 1.